The molecule has 0 bridgehead atoms. The molecule has 3 heterocycles. The van der Waals surface area contributed by atoms with Gasteiger partial charge in [-0.2, -0.15) is 0 Å². The molecule has 1 aromatic rings. The predicted octanol–water partition coefficient (Wildman–Crippen LogP) is 24.1. The number of ether oxygens (including phenoxy) is 4. The van der Waals surface area contributed by atoms with Crippen molar-refractivity contribution in [3.8, 4) is 11.5 Å². The number of halogens is 2. The van der Waals surface area contributed by atoms with Crippen LogP contribution in [0.1, 0.15) is 393 Å². The van der Waals surface area contributed by atoms with Crippen molar-refractivity contribution in [2.75, 3.05) is 26.4 Å². The summed E-state index contributed by atoms with van der Waals surface area (Å²) in [7, 11) is -4.75. The molecular weight excluding hydrogens is 1070 g/mol. The Kier molecular flexibility index (Phi) is 50.2. The summed E-state index contributed by atoms with van der Waals surface area (Å²) in [5.74, 6) is 1.73. The van der Waals surface area contributed by atoms with Gasteiger partial charge in [-0.05, 0) is 25.7 Å². The normalized spacial score (nSPS) is 14.7. The minimum atomic E-state index is -4.75. The minimum Gasteiger partial charge on any atom is -0.626 e. The zero-order valence-electron chi connectivity index (χ0n) is 56.9. The fraction of sp³-hybridized carbons (Fsp3) is 0.853. The Morgan fingerprint density at radius 3 is 0.988 bits per heavy atom. The van der Waals surface area contributed by atoms with Crippen molar-refractivity contribution >= 4 is 19.1 Å². The predicted molar refractivity (Wildman–Crippen MR) is 364 cm³/mol. The van der Waals surface area contributed by atoms with Crippen LogP contribution in [0.25, 0.3) is 5.76 Å². The highest BCUT2D eigenvalue weighted by Crippen LogP contribution is 2.41. The molecule has 8 nitrogen and oxygen atoms in total. The zero-order chi connectivity index (χ0) is 61.3. The molecule has 0 saturated heterocycles. The molecule has 11 heteroatoms. The van der Waals surface area contributed by atoms with Crippen LogP contribution in [0.5, 0.6) is 11.5 Å². The van der Waals surface area contributed by atoms with Crippen LogP contribution in [-0.4, -0.2) is 44.7 Å². The molecule has 2 aliphatic rings. The van der Waals surface area contributed by atoms with E-state index in [4.69, 9.17) is 28.3 Å². The highest BCUT2D eigenvalue weighted by Gasteiger charge is 2.43. The summed E-state index contributed by atoms with van der Waals surface area (Å²) in [6, 6.07) is 0. The molecule has 0 fully saturated rings. The Bertz CT molecular complexity index is 1830. The molecule has 1 aromatic heterocycles. The van der Waals surface area contributed by atoms with Crippen molar-refractivity contribution in [3.63, 3.8) is 0 Å². The van der Waals surface area contributed by atoms with Crippen LogP contribution < -0.4 is 14.5 Å². The third kappa shape index (κ3) is 40.5. The summed E-state index contributed by atoms with van der Waals surface area (Å²) < 4.78 is 68.6. The lowest BCUT2D eigenvalue weighted by molar-refractivity contribution is -0.389. The lowest BCUT2D eigenvalue weighted by atomic mass is 10.0. The smallest absolute Gasteiger partial charge is 0.626 e. The van der Waals surface area contributed by atoms with Gasteiger partial charge < -0.3 is 41.9 Å². The number of rotatable bonds is 65. The quantitative estimate of drug-likeness (QED) is 0.0499. The highest BCUT2D eigenvalue weighted by molar-refractivity contribution is 6.53. The van der Waals surface area contributed by atoms with E-state index in [9.17, 15) is 0 Å². The van der Waals surface area contributed by atoms with E-state index in [1.54, 1.807) is 12.4 Å². The van der Waals surface area contributed by atoms with E-state index < -0.39 is 7.11 Å². The lowest BCUT2D eigenvalue weighted by Crippen LogP contribution is -2.65. The van der Waals surface area contributed by atoms with E-state index in [1.807, 2.05) is 0 Å². The van der Waals surface area contributed by atoms with Crippen LogP contribution >= 0.6 is 0 Å². The topological polar surface area (TPSA) is 85.1 Å². The molecule has 0 aliphatic carbocycles. The highest BCUT2D eigenvalue weighted by atomic mass is 19.3. The average molecular weight is 1210 g/mol. The van der Waals surface area contributed by atoms with Crippen LogP contribution in [-0.2, 0) is 18.8 Å². The number of allylic oxidation sites excluding steroid dienone is 2. The Morgan fingerprint density at radius 1 is 0.360 bits per heavy atom. The van der Waals surface area contributed by atoms with E-state index in [2.05, 4.69) is 37.7 Å². The third-order valence-electron chi connectivity index (χ3n) is 17.9. The minimum absolute atomic E-state index is 0.0593. The number of unbranched alkanes of at least 4 members (excludes halogenated alkanes) is 52. The first-order valence-electron chi connectivity index (χ1n) is 37.8. The van der Waals surface area contributed by atoms with Crippen molar-refractivity contribution in [2.45, 2.75) is 387 Å². The molecule has 0 radical (unpaired) electrons. The van der Waals surface area contributed by atoms with E-state index in [0.29, 0.717) is 60.8 Å². The number of nitrogens with one attached hydrogen (secondary N) is 2. The number of aromatic amines is 1. The van der Waals surface area contributed by atoms with Crippen molar-refractivity contribution in [1.82, 2.24) is 4.98 Å². The first-order valence-corrected chi connectivity index (χ1v) is 37.8. The molecule has 3 rings (SSSR count). The SMILES string of the molecule is CCCCCCCCCCCCCCCCOC1=C(OCCCCCCCCCCCCCCCC)/C(=C2/C=C(c3[nH]cc(OCCCCCCCCCCCCCCCC)c3OCCCCCCCCCCCCCCCC)O[B-](F)(F)O2)[NH+]=C1. The first kappa shape index (κ1) is 77.1. The molecule has 0 atom stereocenters. The van der Waals surface area contributed by atoms with Gasteiger partial charge in [0.15, 0.2) is 17.3 Å². The largest absolute Gasteiger partial charge is 0.726 e. The van der Waals surface area contributed by atoms with Crippen LogP contribution in [0.2, 0.25) is 0 Å². The number of hydrogen-bond acceptors (Lipinski definition) is 6. The van der Waals surface area contributed by atoms with E-state index in [-0.39, 0.29) is 11.5 Å². The molecule has 0 saturated carbocycles. The van der Waals surface area contributed by atoms with Crippen LogP contribution in [0, 0.1) is 0 Å². The van der Waals surface area contributed by atoms with Gasteiger partial charge in [-0.1, -0.05) is 362 Å². The molecule has 500 valence electrons. The van der Waals surface area contributed by atoms with E-state index in [1.165, 1.54) is 301 Å². The second-order valence-electron chi connectivity index (χ2n) is 26.1. The summed E-state index contributed by atoms with van der Waals surface area (Å²) in [6.07, 6.45) is 76.6. The fourth-order valence-corrected chi connectivity index (χ4v) is 12.3. The zero-order valence-corrected chi connectivity index (χ0v) is 56.9. The number of hydrogen-bond donors (Lipinski definition) is 2. The molecule has 0 amide bonds. The third-order valence-corrected chi connectivity index (χ3v) is 17.9. The molecular formula is C75H137BF2N2O6. The summed E-state index contributed by atoms with van der Waals surface area (Å²) in [6.45, 7) is 11.1. The summed E-state index contributed by atoms with van der Waals surface area (Å²) in [5.41, 5.74) is 0.638. The lowest BCUT2D eigenvalue weighted by Gasteiger charge is -2.34. The van der Waals surface area contributed by atoms with Gasteiger partial charge in [-0.15, -0.1) is 0 Å². The Hall–Kier alpha value is -3.11. The molecule has 2 N–H and O–H groups in total. The standard InChI is InChI=1S/C75H136BF2N2O6/c1-5-9-13-17-21-25-29-33-37-41-45-49-53-57-61-81-70-66-79-72(74(70)83-63-59-55-51-47-43-39-35-31-27-23-19-15-11-7-3)68-65-69(86-76(77,78)85-68)73-75(84-64-60-56-52-48-44-40-36-32-28-24-20-16-12-8-4)71(67-80-73)82-62-58-54-50-46-42-38-34-30-26-22-18-14-10-6-2/h65-67,79H,5-64H2,1-4H3/q-1/p+1/b73-69+. The monoisotopic (exact) mass is 1210 g/mol. The summed E-state index contributed by atoms with van der Waals surface area (Å²) >= 11 is 0. The van der Waals surface area contributed by atoms with Gasteiger partial charge in [0, 0.05) is 12.3 Å². The Morgan fingerprint density at radius 2 is 0.651 bits per heavy atom. The van der Waals surface area contributed by atoms with Gasteiger partial charge in [0.25, 0.3) is 5.70 Å². The molecule has 86 heavy (non-hydrogen) atoms. The summed E-state index contributed by atoms with van der Waals surface area (Å²) in [4.78, 5) is 6.46. The second-order valence-corrected chi connectivity index (χ2v) is 26.1. The van der Waals surface area contributed by atoms with E-state index in [0.717, 1.165) is 64.2 Å². The van der Waals surface area contributed by atoms with Gasteiger partial charge in [-0.3, -0.25) is 0 Å². The maximum atomic E-state index is 15.9. The van der Waals surface area contributed by atoms with Crippen molar-refractivity contribution < 1.29 is 41.9 Å². The van der Waals surface area contributed by atoms with Gasteiger partial charge in [0.05, 0.1) is 26.4 Å². The number of aromatic nitrogens is 1. The van der Waals surface area contributed by atoms with Crippen molar-refractivity contribution in [2.24, 2.45) is 0 Å². The van der Waals surface area contributed by atoms with Gasteiger partial charge >= 0.3 is 7.11 Å². The Labute approximate surface area is 529 Å². The van der Waals surface area contributed by atoms with Gasteiger partial charge in [0.1, 0.15) is 11.5 Å². The van der Waals surface area contributed by atoms with Crippen LogP contribution in [0.3, 0.4) is 0 Å². The number of H-pyrrole nitrogens is 1. The summed E-state index contributed by atoms with van der Waals surface area (Å²) in [5, 5.41) is 0. The molecule has 2 aliphatic heterocycles. The average Bonchev–Trinajstić information content (AvgIpc) is 1.78. The molecule has 0 spiro atoms. The maximum Gasteiger partial charge on any atom is 0.726 e. The van der Waals surface area contributed by atoms with Crippen LogP contribution in [0.15, 0.2) is 35.2 Å². The first-order chi connectivity index (χ1) is 42.4. The van der Waals surface area contributed by atoms with Crippen molar-refractivity contribution in [3.05, 3.63) is 40.9 Å². The van der Waals surface area contributed by atoms with Gasteiger partial charge in [-0.25, -0.2) is 4.99 Å². The molecule has 0 unspecified atom stereocenters. The maximum absolute atomic E-state index is 15.9. The fourth-order valence-electron chi connectivity index (χ4n) is 12.3. The van der Waals surface area contributed by atoms with Crippen molar-refractivity contribution in [1.29, 1.82) is 0 Å². The van der Waals surface area contributed by atoms with Gasteiger partial charge in [0.2, 0.25) is 17.7 Å². The Balaban J connectivity index is 1.65. The van der Waals surface area contributed by atoms with Crippen LogP contribution in [0.4, 0.5) is 8.63 Å². The van der Waals surface area contributed by atoms with E-state index >= 15 is 8.63 Å². The second kappa shape index (κ2) is 55.9. The molecule has 0 aromatic carbocycles.